The fraction of sp³-hybridized carbons (Fsp3) is 0.167. The summed E-state index contributed by atoms with van der Waals surface area (Å²) in [7, 11) is -2.55. The molecule has 0 saturated heterocycles. The van der Waals surface area contributed by atoms with E-state index in [1.165, 1.54) is 30.1 Å². The van der Waals surface area contributed by atoms with Crippen LogP contribution in [0.2, 0.25) is 0 Å². The zero-order valence-corrected chi connectivity index (χ0v) is 12.1. The molecule has 7 nitrogen and oxygen atoms in total. The second kappa shape index (κ2) is 5.26. The number of nitrogens with zero attached hydrogens (tertiary/aromatic N) is 2. The summed E-state index contributed by atoms with van der Waals surface area (Å²) in [4.78, 5) is 11.8. The molecular formula is C12H13FN4O3S. The van der Waals surface area contributed by atoms with Crippen molar-refractivity contribution in [1.29, 1.82) is 0 Å². The molecule has 0 fully saturated rings. The van der Waals surface area contributed by atoms with Crippen LogP contribution in [0, 0.1) is 12.7 Å². The van der Waals surface area contributed by atoms with Gasteiger partial charge in [-0.25, -0.2) is 17.9 Å². The lowest BCUT2D eigenvalue weighted by atomic mass is 10.1. The summed E-state index contributed by atoms with van der Waals surface area (Å²) >= 11 is 0. The number of halogens is 1. The molecule has 2 rings (SSSR count). The van der Waals surface area contributed by atoms with Gasteiger partial charge in [-0.3, -0.25) is 9.48 Å². The fourth-order valence-corrected chi connectivity index (χ4v) is 2.44. The van der Waals surface area contributed by atoms with Crippen molar-refractivity contribution in [2.24, 2.45) is 12.2 Å². The second-order valence-corrected chi connectivity index (χ2v) is 6.00. The molecule has 0 saturated carbocycles. The normalized spacial score (nSPS) is 11.4. The van der Waals surface area contributed by atoms with Crippen LogP contribution in [0.4, 0.5) is 10.2 Å². The fourth-order valence-electron chi connectivity index (χ4n) is 1.78. The number of sulfonamides is 1. The Morgan fingerprint density at radius 3 is 2.71 bits per heavy atom. The third kappa shape index (κ3) is 3.26. The summed E-state index contributed by atoms with van der Waals surface area (Å²) in [5.74, 6) is -1.44. The molecule has 9 heteroatoms. The molecule has 2 aromatic rings. The number of amides is 1. The van der Waals surface area contributed by atoms with Gasteiger partial charge in [0.15, 0.2) is 5.82 Å². The molecule has 21 heavy (non-hydrogen) atoms. The van der Waals surface area contributed by atoms with Crippen LogP contribution in [-0.2, 0) is 17.1 Å². The summed E-state index contributed by atoms with van der Waals surface area (Å²) in [6.07, 6.45) is 1.17. The van der Waals surface area contributed by atoms with Crippen LogP contribution in [0.15, 0.2) is 29.3 Å². The smallest absolute Gasteiger partial charge is 0.257 e. The van der Waals surface area contributed by atoms with E-state index >= 15 is 0 Å². The van der Waals surface area contributed by atoms with Gasteiger partial charge in [-0.2, -0.15) is 5.10 Å². The van der Waals surface area contributed by atoms with E-state index in [0.717, 1.165) is 6.07 Å². The first kappa shape index (κ1) is 15.1. The minimum atomic E-state index is -4.03. The van der Waals surface area contributed by atoms with Gasteiger partial charge in [0.05, 0.1) is 0 Å². The van der Waals surface area contributed by atoms with Crippen LogP contribution < -0.4 is 10.5 Å². The van der Waals surface area contributed by atoms with Crippen molar-refractivity contribution < 1.29 is 17.6 Å². The van der Waals surface area contributed by atoms with Crippen LogP contribution in [0.1, 0.15) is 15.9 Å². The van der Waals surface area contributed by atoms with E-state index in [2.05, 4.69) is 10.4 Å². The highest BCUT2D eigenvalue weighted by molar-refractivity contribution is 7.89. The van der Waals surface area contributed by atoms with Crippen LogP contribution in [0.5, 0.6) is 0 Å². The number of aromatic nitrogens is 2. The number of hydrogen-bond acceptors (Lipinski definition) is 4. The number of benzene rings is 1. The number of nitrogens with one attached hydrogen (secondary N) is 1. The maximum atomic E-state index is 13.2. The predicted molar refractivity (Wildman–Crippen MR) is 73.7 cm³/mol. The first-order valence-electron chi connectivity index (χ1n) is 5.82. The Morgan fingerprint density at radius 2 is 2.10 bits per heavy atom. The maximum absolute atomic E-state index is 13.2. The number of carbonyl (C=O) groups is 1. The van der Waals surface area contributed by atoms with Crippen molar-refractivity contribution in [1.82, 2.24) is 9.78 Å². The third-order valence-corrected chi connectivity index (χ3v) is 3.69. The molecule has 3 N–H and O–H groups in total. The monoisotopic (exact) mass is 312 g/mol. The lowest BCUT2D eigenvalue weighted by molar-refractivity contribution is 0.102. The van der Waals surface area contributed by atoms with Gasteiger partial charge < -0.3 is 5.32 Å². The average molecular weight is 312 g/mol. The van der Waals surface area contributed by atoms with E-state index in [4.69, 9.17) is 5.14 Å². The number of rotatable bonds is 3. The molecule has 0 atom stereocenters. The quantitative estimate of drug-likeness (QED) is 0.872. The van der Waals surface area contributed by atoms with Crippen LogP contribution >= 0.6 is 0 Å². The predicted octanol–water partition coefficient (Wildman–Crippen LogP) is 0.767. The van der Waals surface area contributed by atoms with Crippen molar-refractivity contribution in [3.05, 3.63) is 41.3 Å². The van der Waals surface area contributed by atoms with Crippen molar-refractivity contribution in [3.63, 3.8) is 0 Å². The van der Waals surface area contributed by atoms with Gasteiger partial charge in [0.25, 0.3) is 5.91 Å². The van der Waals surface area contributed by atoms with Crippen molar-refractivity contribution in [3.8, 4) is 0 Å². The van der Waals surface area contributed by atoms with E-state index in [9.17, 15) is 17.6 Å². The minimum Gasteiger partial charge on any atom is -0.304 e. The van der Waals surface area contributed by atoms with Crippen LogP contribution in [0.3, 0.4) is 0 Å². The highest BCUT2D eigenvalue weighted by atomic mass is 32.2. The number of hydrogen-bond donors (Lipinski definition) is 2. The molecule has 0 spiro atoms. The van der Waals surface area contributed by atoms with E-state index in [1.807, 2.05) is 0 Å². The van der Waals surface area contributed by atoms with E-state index in [0.29, 0.717) is 5.56 Å². The van der Waals surface area contributed by atoms with Crippen LogP contribution in [0.25, 0.3) is 0 Å². The van der Waals surface area contributed by atoms with E-state index in [1.54, 1.807) is 6.92 Å². The van der Waals surface area contributed by atoms with Gasteiger partial charge in [0, 0.05) is 18.8 Å². The third-order valence-electron chi connectivity index (χ3n) is 2.78. The zero-order chi connectivity index (χ0) is 15.8. The summed E-state index contributed by atoms with van der Waals surface area (Å²) in [5, 5.41) is 11.2. The molecule has 0 aliphatic heterocycles. The molecule has 1 aromatic carbocycles. The van der Waals surface area contributed by atoms with Gasteiger partial charge in [-0.05, 0) is 24.6 Å². The minimum absolute atomic E-state index is 0.0843. The highest BCUT2D eigenvalue weighted by Crippen LogP contribution is 2.19. The molecule has 0 aliphatic rings. The summed E-state index contributed by atoms with van der Waals surface area (Å²) in [6, 6.07) is 3.73. The summed E-state index contributed by atoms with van der Waals surface area (Å²) in [5.41, 5.74) is 0.628. The molecule has 112 valence electrons. The summed E-state index contributed by atoms with van der Waals surface area (Å²) < 4.78 is 37.2. The first-order valence-corrected chi connectivity index (χ1v) is 7.37. The molecule has 1 aromatic heterocycles. The molecule has 0 unspecified atom stereocenters. The first-order chi connectivity index (χ1) is 9.68. The van der Waals surface area contributed by atoms with Crippen molar-refractivity contribution >= 4 is 21.7 Å². The van der Waals surface area contributed by atoms with E-state index in [-0.39, 0.29) is 16.3 Å². The molecule has 1 amide bonds. The highest BCUT2D eigenvalue weighted by Gasteiger charge is 2.21. The van der Waals surface area contributed by atoms with Crippen molar-refractivity contribution in [2.75, 3.05) is 5.32 Å². The molecule has 0 bridgehead atoms. The zero-order valence-electron chi connectivity index (χ0n) is 11.3. The van der Waals surface area contributed by atoms with Gasteiger partial charge in [-0.1, -0.05) is 6.07 Å². The molecular weight excluding hydrogens is 299 g/mol. The number of carbonyl (C=O) groups excluding carboxylic acids is 1. The number of anilines is 1. The maximum Gasteiger partial charge on any atom is 0.257 e. The molecule has 0 aliphatic carbocycles. The number of nitrogens with two attached hydrogens (primary N) is 1. The Balaban J connectivity index is 2.39. The number of primary sulfonamides is 1. The number of aryl methyl sites for hydroxylation is 2. The topological polar surface area (TPSA) is 107 Å². The molecule has 1 heterocycles. The Labute approximate surface area is 120 Å². The Kier molecular flexibility index (Phi) is 3.79. The summed E-state index contributed by atoms with van der Waals surface area (Å²) in [6.45, 7) is 1.63. The Hall–Kier alpha value is -2.26. The Bertz CT molecular complexity index is 814. The lowest BCUT2D eigenvalue weighted by Crippen LogP contribution is -2.18. The van der Waals surface area contributed by atoms with Gasteiger partial charge in [0.1, 0.15) is 10.7 Å². The average Bonchev–Trinajstić information content (AvgIpc) is 2.73. The van der Waals surface area contributed by atoms with Crippen molar-refractivity contribution in [2.45, 2.75) is 11.8 Å². The van der Waals surface area contributed by atoms with Gasteiger partial charge >= 0.3 is 0 Å². The lowest BCUT2D eigenvalue weighted by Gasteiger charge is -2.06. The van der Waals surface area contributed by atoms with Crippen LogP contribution in [-0.4, -0.2) is 24.1 Å². The SMILES string of the molecule is Cc1ccc(F)cc1C(=O)Nc1nn(C)cc1S(N)(=O)=O. The second-order valence-electron chi connectivity index (χ2n) is 4.47. The largest absolute Gasteiger partial charge is 0.304 e. The standard InChI is InChI=1S/C12H13FN4O3S/c1-7-3-4-8(13)5-9(7)12(18)15-11-10(21(14,19)20)6-17(2)16-11/h3-6H,1-2H3,(H2,14,19,20)(H,15,16,18). The van der Waals surface area contributed by atoms with E-state index < -0.39 is 21.7 Å². The van der Waals surface area contributed by atoms with Gasteiger partial charge in [-0.15, -0.1) is 0 Å². The van der Waals surface area contributed by atoms with Gasteiger partial charge in [0.2, 0.25) is 10.0 Å². The Morgan fingerprint density at radius 1 is 1.43 bits per heavy atom. The molecule has 0 radical (unpaired) electrons.